The second-order valence-electron chi connectivity index (χ2n) is 5.15. The van der Waals surface area contributed by atoms with Crippen LogP contribution in [0.3, 0.4) is 0 Å². The fraction of sp³-hybridized carbons (Fsp3) is 0.118. The van der Waals surface area contributed by atoms with Crippen LogP contribution < -0.4 is 10.1 Å². The van der Waals surface area contributed by atoms with Crippen molar-refractivity contribution >= 4 is 11.6 Å². The Hall–Kier alpha value is -3.29. The van der Waals surface area contributed by atoms with Crippen LogP contribution in [-0.2, 0) is 6.54 Å². The first-order chi connectivity index (χ1) is 12.1. The molecule has 0 saturated heterocycles. The minimum Gasteiger partial charge on any atom is -0.435 e. The summed E-state index contributed by atoms with van der Waals surface area (Å²) in [6.07, 6.45) is 3.09. The van der Waals surface area contributed by atoms with Gasteiger partial charge in [0.25, 0.3) is 5.91 Å². The molecule has 0 bridgehead atoms. The molecule has 2 aromatic carbocycles. The third-order valence-electron chi connectivity index (χ3n) is 3.36. The summed E-state index contributed by atoms with van der Waals surface area (Å²) < 4.78 is 30.2. The van der Waals surface area contributed by atoms with Crippen LogP contribution in [0.15, 0.2) is 61.2 Å². The van der Waals surface area contributed by atoms with Crippen LogP contribution in [0, 0.1) is 0 Å². The van der Waals surface area contributed by atoms with Gasteiger partial charge in [0.05, 0.1) is 6.54 Å². The SMILES string of the molecule is O=C(Nc1ccc(Cn2cncn2)cc1)c1ccc(OC(F)F)cc1. The number of hydrogen-bond acceptors (Lipinski definition) is 4. The highest BCUT2D eigenvalue weighted by Crippen LogP contribution is 2.17. The van der Waals surface area contributed by atoms with E-state index < -0.39 is 6.61 Å². The van der Waals surface area contributed by atoms with E-state index in [0.29, 0.717) is 17.8 Å². The topological polar surface area (TPSA) is 69.0 Å². The summed E-state index contributed by atoms with van der Waals surface area (Å²) in [5, 5.41) is 6.77. The van der Waals surface area contributed by atoms with E-state index in [4.69, 9.17) is 0 Å². The number of nitrogens with zero attached hydrogens (tertiary/aromatic N) is 3. The number of carbonyl (C=O) groups excluding carboxylic acids is 1. The summed E-state index contributed by atoms with van der Waals surface area (Å²) in [6.45, 7) is -2.31. The molecule has 0 radical (unpaired) electrons. The number of hydrogen-bond donors (Lipinski definition) is 1. The van der Waals surface area contributed by atoms with Gasteiger partial charge >= 0.3 is 6.61 Å². The molecule has 25 heavy (non-hydrogen) atoms. The van der Waals surface area contributed by atoms with Crippen LogP contribution in [0.4, 0.5) is 14.5 Å². The molecule has 1 heterocycles. The number of benzene rings is 2. The Morgan fingerprint density at radius 1 is 1.12 bits per heavy atom. The molecule has 0 fully saturated rings. The highest BCUT2D eigenvalue weighted by atomic mass is 19.3. The number of amides is 1. The van der Waals surface area contributed by atoms with Gasteiger partial charge < -0.3 is 10.1 Å². The zero-order valence-corrected chi connectivity index (χ0v) is 13.0. The average molecular weight is 344 g/mol. The van der Waals surface area contributed by atoms with Gasteiger partial charge in [-0.3, -0.25) is 4.79 Å². The van der Waals surface area contributed by atoms with E-state index in [-0.39, 0.29) is 11.7 Å². The number of alkyl halides is 2. The number of nitrogens with one attached hydrogen (secondary N) is 1. The zero-order chi connectivity index (χ0) is 17.6. The summed E-state index contributed by atoms with van der Waals surface area (Å²) in [7, 11) is 0. The van der Waals surface area contributed by atoms with Crippen molar-refractivity contribution in [3.8, 4) is 5.75 Å². The summed E-state index contributed by atoms with van der Waals surface area (Å²) >= 11 is 0. The molecule has 0 unspecified atom stereocenters. The van der Waals surface area contributed by atoms with Crippen LogP contribution >= 0.6 is 0 Å². The van der Waals surface area contributed by atoms with Crippen LogP contribution in [-0.4, -0.2) is 27.3 Å². The van der Waals surface area contributed by atoms with Crippen molar-refractivity contribution in [2.75, 3.05) is 5.32 Å². The Labute approximate surface area is 142 Å². The smallest absolute Gasteiger partial charge is 0.387 e. The third-order valence-corrected chi connectivity index (χ3v) is 3.36. The lowest BCUT2D eigenvalue weighted by atomic mass is 10.1. The lowest BCUT2D eigenvalue weighted by molar-refractivity contribution is -0.0498. The normalized spacial score (nSPS) is 10.7. The summed E-state index contributed by atoms with van der Waals surface area (Å²) in [5.41, 5.74) is 1.98. The molecule has 128 valence electrons. The van der Waals surface area contributed by atoms with Crippen molar-refractivity contribution in [2.45, 2.75) is 13.2 Å². The van der Waals surface area contributed by atoms with E-state index in [9.17, 15) is 13.6 Å². The molecule has 3 aromatic rings. The third kappa shape index (κ3) is 4.60. The molecule has 1 N–H and O–H groups in total. The molecule has 1 aromatic heterocycles. The molecule has 0 saturated carbocycles. The van der Waals surface area contributed by atoms with Crippen molar-refractivity contribution in [1.82, 2.24) is 14.8 Å². The number of aromatic nitrogens is 3. The van der Waals surface area contributed by atoms with Crippen LogP contribution in [0.5, 0.6) is 5.75 Å². The highest BCUT2D eigenvalue weighted by Gasteiger charge is 2.08. The van der Waals surface area contributed by atoms with E-state index in [2.05, 4.69) is 20.1 Å². The van der Waals surface area contributed by atoms with Gasteiger partial charge in [-0.2, -0.15) is 13.9 Å². The highest BCUT2D eigenvalue weighted by molar-refractivity contribution is 6.04. The average Bonchev–Trinajstić information content (AvgIpc) is 3.10. The first-order valence-corrected chi connectivity index (χ1v) is 7.38. The first kappa shape index (κ1) is 16.6. The molecule has 0 aliphatic heterocycles. The Morgan fingerprint density at radius 2 is 1.84 bits per heavy atom. The maximum atomic E-state index is 12.2. The van der Waals surface area contributed by atoms with Crippen LogP contribution in [0.2, 0.25) is 0 Å². The quantitative estimate of drug-likeness (QED) is 0.746. The standard InChI is InChI=1S/C17H14F2N4O2/c18-17(19)25-15-7-3-13(4-8-15)16(24)22-14-5-1-12(2-6-14)9-23-11-20-10-21-23/h1-8,10-11,17H,9H2,(H,22,24). The molecule has 0 aliphatic rings. The monoisotopic (exact) mass is 344 g/mol. The van der Waals surface area contributed by atoms with Gasteiger partial charge in [-0.05, 0) is 42.0 Å². The lowest BCUT2D eigenvalue weighted by Gasteiger charge is -2.08. The molecule has 1 amide bonds. The molecule has 6 nitrogen and oxygen atoms in total. The summed E-state index contributed by atoms with van der Waals surface area (Å²) in [6, 6.07) is 12.8. The predicted molar refractivity (Wildman–Crippen MR) is 86.6 cm³/mol. The van der Waals surface area contributed by atoms with E-state index >= 15 is 0 Å². The van der Waals surface area contributed by atoms with E-state index in [1.54, 1.807) is 23.1 Å². The predicted octanol–water partition coefficient (Wildman–Crippen LogP) is 3.18. The number of halogens is 2. The first-order valence-electron chi connectivity index (χ1n) is 7.38. The van der Waals surface area contributed by atoms with E-state index in [0.717, 1.165) is 5.56 Å². The molecule has 3 rings (SSSR count). The van der Waals surface area contributed by atoms with E-state index in [1.165, 1.54) is 30.6 Å². The van der Waals surface area contributed by atoms with Gasteiger partial charge in [0.2, 0.25) is 0 Å². The van der Waals surface area contributed by atoms with Crippen LogP contribution in [0.1, 0.15) is 15.9 Å². The maximum Gasteiger partial charge on any atom is 0.387 e. The molecule has 0 spiro atoms. The van der Waals surface area contributed by atoms with Gasteiger partial charge in [0.15, 0.2) is 0 Å². The van der Waals surface area contributed by atoms with Crippen molar-refractivity contribution in [3.63, 3.8) is 0 Å². The fourth-order valence-corrected chi connectivity index (χ4v) is 2.19. The van der Waals surface area contributed by atoms with Crippen LogP contribution in [0.25, 0.3) is 0 Å². The van der Waals surface area contributed by atoms with Gasteiger partial charge in [-0.15, -0.1) is 0 Å². The van der Waals surface area contributed by atoms with Crippen molar-refractivity contribution in [3.05, 3.63) is 72.3 Å². The minimum atomic E-state index is -2.89. The molecule has 0 atom stereocenters. The van der Waals surface area contributed by atoms with Gasteiger partial charge in [0.1, 0.15) is 18.4 Å². The van der Waals surface area contributed by atoms with Gasteiger partial charge in [-0.1, -0.05) is 12.1 Å². The Morgan fingerprint density at radius 3 is 2.44 bits per heavy atom. The maximum absolute atomic E-state index is 12.2. The Balaban J connectivity index is 1.60. The second kappa shape index (κ2) is 7.52. The lowest BCUT2D eigenvalue weighted by Crippen LogP contribution is -2.12. The van der Waals surface area contributed by atoms with Crippen molar-refractivity contribution in [2.24, 2.45) is 0 Å². The Kier molecular flexibility index (Phi) is 4.98. The van der Waals surface area contributed by atoms with E-state index in [1.807, 2.05) is 12.1 Å². The summed E-state index contributed by atoms with van der Waals surface area (Å²) in [5.74, 6) is -0.336. The molecular weight excluding hydrogens is 330 g/mol. The fourth-order valence-electron chi connectivity index (χ4n) is 2.19. The molecule has 0 aliphatic carbocycles. The Bertz CT molecular complexity index is 819. The minimum absolute atomic E-state index is 0.00372. The summed E-state index contributed by atoms with van der Waals surface area (Å²) in [4.78, 5) is 16.0. The number of anilines is 1. The van der Waals surface area contributed by atoms with Gasteiger partial charge in [-0.25, -0.2) is 9.67 Å². The largest absolute Gasteiger partial charge is 0.435 e. The van der Waals surface area contributed by atoms with Crippen molar-refractivity contribution in [1.29, 1.82) is 0 Å². The number of carbonyl (C=O) groups is 1. The van der Waals surface area contributed by atoms with Gasteiger partial charge in [0, 0.05) is 11.3 Å². The van der Waals surface area contributed by atoms with Crippen molar-refractivity contribution < 1.29 is 18.3 Å². The second-order valence-corrected chi connectivity index (χ2v) is 5.15. The number of rotatable bonds is 6. The molecular formula is C17H14F2N4O2. The zero-order valence-electron chi connectivity index (χ0n) is 13.0. The molecule has 8 heteroatoms. The number of ether oxygens (including phenoxy) is 1.